The van der Waals surface area contributed by atoms with Crippen molar-refractivity contribution in [3.63, 3.8) is 0 Å². The van der Waals surface area contributed by atoms with Crippen LogP contribution in [0.15, 0.2) is 24.5 Å². The van der Waals surface area contributed by atoms with Gasteiger partial charge in [0.25, 0.3) is 0 Å². The fraction of sp³-hybridized carbons (Fsp3) is 0.200. The number of nitrogens with zero attached hydrogens (tertiary/aromatic N) is 1. The lowest BCUT2D eigenvalue weighted by Gasteiger charge is -1.98. The zero-order valence-corrected chi connectivity index (χ0v) is 7.93. The first-order valence-corrected chi connectivity index (χ1v) is 4.28. The Morgan fingerprint density at radius 2 is 2.50 bits per heavy atom. The van der Waals surface area contributed by atoms with Gasteiger partial charge in [-0.15, -0.1) is 0 Å². The third kappa shape index (κ3) is 2.90. The van der Waals surface area contributed by atoms with Crippen molar-refractivity contribution in [2.24, 2.45) is 0 Å². The van der Waals surface area contributed by atoms with Crippen molar-refractivity contribution in [3.8, 4) is 0 Å². The molecule has 0 spiro atoms. The Morgan fingerprint density at radius 1 is 1.71 bits per heavy atom. The van der Waals surface area contributed by atoms with Crippen molar-refractivity contribution in [2.45, 2.75) is 6.92 Å². The standard InChI is InChI=1S/C10H12N2O2/c1-2-14-10(13)4-3-8-7-12-6-5-9(8)11/h3-7H,2H2,1H3,(H2,11,12). The summed E-state index contributed by atoms with van der Waals surface area (Å²) in [5, 5.41) is 0. The van der Waals surface area contributed by atoms with Crippen molar-refractivity contribution in [2.75, 3.05) is 12.3 Å². The molecule has 0 saturated carbocycles. The average Bonchev–Trinajstić information content (AvgIpc) is 2.17. The lowest BCUT2D eigenvalue weighted by Crippen LogP contribution is -1.99. The Labute approximate surface area is 82.4 Å². The van der Waals surface area contributed by atoms with Gasteiger partial charge < -0.3 is 10.5 Å². The SMILES string of the molecule is CCOC(=O)C=Cc1cnccc1N. The summed E-state index contributed by atoms with van der Waals surface area (Å²) >= 11 is 0. The van der Waals surface area contributed by atoms with E-state index in [9.17, 15) is 4.79 Å². The number of carbonyl (C=O) groups is 1. The van der Waals surface area contributed by atoms with Gasteiger partial charge >= 0.3 is 5.97 Å². The third-order valence-corrected chi connectivity index (χ3v) is 1.57. The summed E-state index contributed by atoms with van der Waals surface area (Å²) in [5.74, 6) is -0.379. The second-order valence-corrected chi connectivity index (χ2v) is 2.59. The van der Waals surface area contributed by atoms with Crippen LogP contribution in [0, 0.1) is 0 Å². The Bertz CT molecular complexity index is 348. The van der Waals surface area contributed by atoms with E-state index in [1.807, 2.05) is 0 Å². The minimum Gasteiger partial charge on any atom is -0.463 e. The van der Waals surface area contributed by atoms with Crippen molar-refractivity contribution < 1.29 is 9.53 Å². The molecule has 0 aromatic carbocycles. The molecule has 0 unspecified atom stereocenters. The highest BCUT2D eigenvalue weighted by atomic mass is 16.5. The summed E-state index contributed by atoms with van der Waals surface area (Å²) < 4.78 is 4.72. The molecule has 0 atom stereocenters. The number of nitrogen functional groups attached to an aromatic ring is 1. The van der Waals surface area contributed by atoms with E-state index in [-0.39, 0.29) is 5.97 Å². The van der Waals surface area contributed by atoms with Gasteiger partial charge in [-0.3, -0.25) is 4.98 Å². The number of anilines is 1. The quantitative estimate of drug-likeness (QED) is 0.578. The van der Waals surface area contributed by atoms with E-state index in [0.29, 0.717) is 17.9 Å². The minimum atomic E-state index is -0.379. The zero-order chi connectivity index (χ0) is 10.4. The van der Waals surface area contributed by atoms with E-state index in [1.165, 1.54) is 6.08 Å². The Balaban J connectivity index is 2.69. The average molecular weight is 192 g/mol. The number of pyridine rings is 1. The molecule has 74 valence electrons. The van der Waals surface area contributed by atoms with Crippen molar-refractivity contribution in [1.82, 2.24) is 4.98 Å². The van der Waals surface area contributed by atoms with Gasteiger partial charge in [-0.05, 0) is 19.1 Å². The second-order valence-electron chi connectivity index (χ2n) is 2.59. The molecule has 0 fully saturated rings. The number of nitrogens with two attached hydrogens (primary N) is 1. The molecule has 0 bridgehead atoms. The maximum absolute atomic E-state index is 11.0. The van der Waals surface area contributed by atoms with Crippen LogP contribution in [0.5, 0.6) is 0 Å². The van der Waals surface area contributed by atoms with Crippen molar-refractivity contribution in [1.29, 1.82) is 0 Å². The van der Waals surface area contributed by atoms with Gasteiger partial charge in [0.15, 0.2) is 0 Å². The van der Waals surface area contributed by atoms with Crippen LogP contribution in [0.4, 0.5) is 5.69 Å². The largest absolute Gasteiger partial charge is 0.463 e. The van der Waals surface area contributed by atoms with Crippen LogP contribution >= 0.6 is 0 Å². The van der Waals surface area contributed by atoms with E-state index in [1.54, 1.807) is 31.5 Å². The molecule has 0 aliphatic rings. The fourth-order valence-corrected chi connectivity index (χ4v) is 0.905. The van der Waals surface area contributed by atoms with Crippen LogP contribution in [0.25, 0.3) is 6.08 Å². The fourth-order valence-electron chi connectivity index (χ4n) is 0.905. The maximum atomic E-state index is 11.0. The molecule has 0 radical (unpaired) electrons. The smallest absolute Gasteiger partial charge is 0.330 e. The number of esters is 1. The summed E-state index contributed by atoms with van der Waals surface area (Å²) in [5.41, 5.74) is 6.93. The number of ether oxygens (including phenoxy) is 1. The molecule has 2 N–H and O–H groups in total. The number of rotatable bonds is 3. The van der Waals surface area contributed by atoms with E-state index < -0.39 is 0 Å². The minimum absolute atomic E-state index is 0.367. The first-order chi connectivity index (χ1) is 6.74. The van der Waals surface area contributed by atoms with E-state index in [0.717, 1.165) is 0 Å². The molecule has 0 saturated heterocycles. The molecule has 1 heterocycles. The van der Waals surface area contributed by atoms with Crippen LogP contribution in [-0.2, 0) is 9.53 Å². The summed E-state index contributed by atoms with van der Waals surface area (Å²) in [4.78, 5) is 14.8. The maximum Gasteiger partial charge on any atom is 0.330 e. The number of aromatic nitrogens is 1. The molecule has 0 aliphatic carbocycles. The van der Waals surface area contributed by atoms with Crippen LogP contribution in [0.1, 0.15) is 12.5 Å². The second kappa shape index (κ2) is 5.01. The monoisotopic (exact) mass is 192 g/mol. The van der Waals surface area contributed by atoms with Gasteiger partial charge in [-0.2, -0.15) is 0 Å². The summed E-state index contributed by atoms with van der Waals surface area (Å²) in [6.07, 6.45) is 6.10. The Hall–Kier alpha value is -1.84. The molecule has 4 heteroatoms. The molecule has 1 rings (SSSR count). The van der Waals surface area contributed by atoms with Crippen molar-refractivity contribution >= 4 is 17.7 Å². The van der Waals surface area contributed by atoms with Crippen LogP contribution in [-0.4, -0.2) is 17.6 Å². The summed E-state index contributed by atoms with van der Waals surface area (Å²) in [6, 6.07) is 1.67. The summed E-state index contributed by atoms with van der Waals surface area (Å²) in [6.45, 7) is 2.12. The topological polar surface area (TPSA) is 65.2 Å². The highest BCUT2D eigenvalue weighted by molar-refractivity contribution is 5.88. The molecule has 1 aromatic heterocycles. The van der Waals surface area contributed by atoms with E-state index >= 15 is 0 Å². The van der Waals surface area contributed by atoms with Crippen LogP contribution < -0.4 is 5.73 Å². The van der Waals surface area contributed by atoms with Crippen LogP contribution in [0.2, 0.25) is 0 Å². The molecule has 1 aromatic rings. The Kier molecular flexibility index (Phi) is 3.67. The van der Waals surface area contributed by atoms with E-state index in [2.05, 4.69) is 4.98 Å². The normalized spacial score (nSPS) is 10.4. The first kappa shape index (κ1) is 10.2. The van der Waals surface area contributed by atoms with Gasteiger partial charge in [0.1, 0.15) is 0 Å². The zero-order valence-electron chi connectivity index (χ0n) is 7.93. The highest BCUT2D eigenvalue weighted by Crippen LogP contribution is 2.10. The molecular formula is C10H12N2O2. The molecule has 0 aliphatic heterocycles. The van der Waals surface area contributed by atoms with Crippen molar-refractivity contribution in [3.05, 3.63) is 30.1 Å². The number of carbonyl (C=O) groups excluding carboxylic acids is 1. The van der Waals surface area contributed by atoms with Gasteiger partial charge in [-0.25, -0.2) is 4.79 Å². The molecule has 4 nitrogen and oxygen atoms in total. The van der Waals surface area contributed by atoms with Gasteiger partial charge in [0.05, 0.1) is 6.61 Å². The predicted octanol–water partition coefficient (Wildman–Crippen LogP) is 1.24. The number of hydrogen-bond donors (Lipinski definition) is 1. The predicted molar refractivity (Wildman–Crippen MR) is 54.3 cm³/mol. The van der Waals surface area contributed by atoms with Crippen LogP contribution in [0.3, 0.4) is 0 Å². The lowest BCUT2D eigenvalue weighted by molar-refractivity contribution is -0.137. The van der Waals surface area contributed by atoms with E-state index in [4.69, 9.17) is 10.5 Å². The van der Waals surface area contributed by atoms with Gasteiger partial charge in [0.2, 0.25) is 0 Å². The molecule has 14 heavy (non-hydrogen) atoms. The van der Waals surface area contributed by atoms with Gasteiger partial charge in [0, 0.05) is 29.7 Å². The highest BCUT2D eigenvalue weighted by Gasteiger charge is 1.96. The molecule has 0 amide bonds. The number of hydrogen-bond acceptors (Lipinski definition) is 4. The summed E-state index contributed by atoms with van der Waals surface area (Å²) in [7, 11) is 0. The first-order valence-electron chi connectivity index (χ1n) is 4.28. The lowest BCUT2D eigenvalue weighted by atomic mass is 10.2. The third-order valence-electron chi connectivity index (χ3n) is 1.57. The molecular weight excluding hydrogens is 180 g/mol. The Morgan fingerprint density at radius 3 is 3.14 bits per heavy atom. The van der Waals surface area contributed by atoms with Gasteiger partial charge in [-0.1, -0.05) is 0 Å².